The van der Waals surface area contributed by atoms with E-state index in [4.69, 9.17) is 5.11 Å². The number of rotatable bonds is 5. The number of carbonyl (C=O) groups is 1. The highest BCUT2D eigenvalue weighted by molar-refractivity contribution is 5.92. The van der Waals surface area contributed by atoms with Gasteiger partial charge in [-0.1, -0.05) is 31.5 Å². The van der Waals surface area contributed by atoms with Gasteiger partial charge in [0.05, 0.1) is 11.4 Å². The lowest BCUT2D eigenvalue weighted by Gasteiger charge is -2.07. The fourth-order valence-electron chi connectivity index (χ4n) is 1.97. The Bertz CT molecular complexity index is 667. The summed E-state index contributed by atoms with van der Waals surface area (Å²) < 4.78 is 0. The molecule has 5 nitrogen and oxygen atoms in total. The van der Waals surface area contributed by atoms with E-state index < -0.39 is 5.97 Å². The van der Waals surface area contributed by atoms with Crippen LogP contribution >= 0.6 is 0 Å². The number of hydrogen-bond acceptors (Lipinski definition) is 4. The standard InChI is InChI=1S/C16H16N2O3/c1-2-6-11-9-13(10-14(15(11)19)16(20)21)18-17-12-7-4-3-5-8-12/h3-5,7-10,19H,2,6H2,1H3,(H,20,21). The van der Waals surface area contributed by atoms with Crippen LogP contribution in [0.15, 0.2) is 52.7 Å². The van der Waals surface area contributed by atoms with Crippen LogP contribution in [-0.4, -0.2) is 16.2 Å². The smallest absolute Gasteiger partial charge is 0.339 e. The van der Waals surface area contributed by atoms with Crippen molar-refractivity contribution in [2.24, 2.45) is 10.2 Å². The summed E-state index contributed by atoms with van der Waals surface area (Å²) in [5.74, 6) is -1.37. The third-order valence-corrected chi connectivity index (χ3v) is 2.96. The molecule has 21 heavy (non-hydrogen) atoms. The number of aromatic carboxylic acids is 1. The average molecular weight is 284 g/mol. The van der Waals surface area contributed by atoms with Gasteiger partial charge in [0.1, 0.15) is 11.3 Å². The molecule has 0 fully saturated rings. The molecular formula is C16H16N2O3. The molecule has 0 saturated carbocycles. The molecule has 0 radical (unpaired) electrons. The maximum Gasteiger partial charge on any atom is 0.339 e. The summed E-state index contributed by atoms with van der Waals surface area (Å²) in [6, 6.07) is 12.2. The number of hydrogen-bond donors (Lipinski definition) is 2. The van der Waals surface area contributed by atoms with Crippen molar-refractivity contribution in [1.29, 1.82) is 0 Å². The molecule has 0 aliphatic carbocycles. The lowest BCUT2D eigenvalue weighted by Crippen LogP contribution is -1.99. The zero-order valence-corrected chi connectivity index (χ0v) is 11.7. The van der Waals surface area contributed by atoms with Gasteiger partial charge < -0.3 is 10.2 Å². The van der Waals surface area contributed by atoms with Gasteiger partial charge in [-0.2, -0.15) is 10.2 Å². The minimum Gasteiger partial charge on any atom is -0.507 e. The number of carboxylic acids is 1. The number of aryl methyl sites for hydroxylation is 1. The number of aromatic hydroxyl groups is 1. The SMILES string of the molecule is CCCc1cc(N=Nc2ccccc2)cc(C(=O)O)c1O. The summed E-state index contributed by atoms with van der Waals surface area (Å²) in [5, 5.41) is 27.2. The second-order valence-corrected chi connectivity index (χ2v) is 4.59. The molecule has 0 heterocycles. The molecule has 2 aromatic rings. The minimum absolute atomic E-state index is 0.150. The van der Waals surface area contributed by atoms with E-state index in [2.05, 4.69) is 10.2 Å². The van der Waals surface area contributed by atoms with Crippen LogP contribution in [0.4, 0.5) is 11.4 Å². The maximum absolute atomic E-state index is 11.2. The molecule has 0 atom stereocenters. The molecule has 2 aromatic carbocycles. The highest BCUT2D eigenvalue weighted by atomic mass is 16.4. The number of carboxylic acid groups (broad SMARTS) is 1. The summed E-state index contributed by atoms with van der Waals surface area (Å²) >= 11 is 0. The van der Waals surface area contributed by atoms with Crippen LogP contribution in [-0.2, 0) is 6.42 Å². The van der Waals surface area contributed by atoms with Gasteiger partial charge in [0.2, 0.25) is 0 Å². The third-order valence-electron chi connectivity index (χ3n) is 2.96. The predicted octanol–water partition coefficient (Wildman–Crippen LogP) is 4.46. The Labute approximate surface area is 122 Å². The van der Waals surface area contributed by atoms with Gasteiger partial charge >= 0.3 is 5.97 Å². The zero-order valence-electron chi connectivity index (χ0n) is 11.7. The van der Waals surface area contributed by atoms with Crippen molar-refractivity contribution in [2.75, 3.05) is 0 Å². The second kappa shape index (κ2) is 6.65. The second-order valence-electron chi connectivity index (χ2n) is 4.59. The van der Waals surface area contributed by atoms with Crippen LogP contribution in [0.25, 0.3) is 0 Å². The van der Waals surface area contributed by atoms with E-state index in [1.165, 1.54) is 6.07 Å². The average Bonchev–Trinajstić information content (AvgIpc) is 2.49. The van der Waals surface area contributed by atoms with Gasteiger partial charge in [0.15, 0.2) is 0 Å². The van der Waals surface area contributed by atoms with Crippen LogP contribution in [0.1, 0.15) is 29.3 Å². The number of benzene rings is 2. The highest BCUT2D eigenvalue weighted by Crippen LogP contribution is 2.30. The Balaban J connectivity index is 2.39. The van der Waals surface area contributed by atoms with Gasteiger partial charge in [0, 0.05) is 0 Å². The van der Waals surface area contributed by atoms with Crippen molar-refractivity contribution >= 4 is 17.3 Å². The van der Waals surface area contributed by atoms with Crippen LogP contribution in [0.2, 0.25) is 0 Å². The lowest BCUT2D eigenvalue weighted by molar-refractivity contribution is 0.0693. The fraction of sp³-hybridized carbons (Fsp3) is 0.188. The summed E-state index contributed by atoms with van der Waals surface area (Å²) in [4.78, 5) is 11.2. The van der Waals surface area contributed by atoms with Gasteiger partial charge in [-0.3, -0.25) is 0 Å². The van der Waals surface area contributed by atoms with Gasteiger partial charge in [-0.15, -0.1) is 0 Å². The molecule has 0 spiro atoms. The Morgan fingerprint density at radius 2 is 1.76 bits per heavy atom. The van der Waals surface area contributed by atoms with E-state index in [0.29, 0.717) is 23.4 Å². The summed E-state index contributed by atoms with van der Waals surface area (Å²) in [7, 11) is 0. The van der Waals surface area contributed by atoms with Crippen molar-refractivity contribution in [3.63, 3.8) is 0 Å². The Kier molecular flexibility index (Phi) is 4.66. The number of phenols is 1. The van der Waals surface area contributed by atoms with Gasteiger partial charge in [0.25, 0.3) is 0 Å². The van der Waals surface area contributed by atoms with Crippen molar-refractivity contribution in [1.82, 2.24) is 0 Å². The largest absolute Gasteiger partial charge is 0.507 e. The first-order chi connectivity index (χ1) is 10.1. The van der Waals surface area contributed by atoms with Gasteiger partial charge in [-0.05, 0) is 36.2 Å². The first kappa shape index (κ1) is 14.7. The third kappa shape index (κ3) is 3.66. The molecule has 108 valence electrons. The van der Waals surface area contributed by atoms with E-state index in [1.807, 2.05) is 25.1 Å². The van der Waals surface area contributed by atoms with Crippen molar-refractivity contribution in [2.45, 2.75) is 19.8 Å². The molecule has 2 rings (SSSR count). The quantitative estimate of drug-likeness (QED) is 0.795. The lowest BCUT2D eigenvalue weighted by atomic mass is 10.0. The fourth-order valence-corrected chi connectivity index (χ4v) is 1.97. The molecule has 0 aromatic heterocycles. The molecular weight excluding hydrogens is 268 g/mol. The van der Waals surface area contributed by atoms with E-state index in [0.717, 1.165) is 6.42 Å². The summed E-state index contributed by atoms with van der Waals surface area (Å²) in [6.45, 7) is 1.96. The van der Waals surface area contributed by atoms with E-state index in [1.54, 1.807) is 18.2 Å². The molecule has 5 heteroatoms. The molecule has 2 N–H and O–H groups in total. The van der Waals surface area contributed by atoms with Crippen LogP contribution < -0.4 is 0 Å². The molecule has 0 saturated heterocycles. The van der Waals surface area contributed by atoms with E-state index in [-0.39, 0.29) is 11.3 Å². The summed E-state index contributed by atoms with van der Waals surface area (Å²) in [6.07, 6.45) is 1.38. The molecule has 0 amide bonds. The van der Waals surface area contributed by atoms with Crippen LogP contribution in [0.5, 0.6) is 5.75 Å². The zero-order chi connectivity index (χ0) is 15.2. The van der Waals surface area contributed by atoms with E-state index >= 15 is 0 Å². The van der Waals surface area contributed by atoms with Gasteiger partial charge in [-0.25, -0.2) is 4.79 Å². The topological polar surface area (TPSA) is 82.2 Å². The normalized spacial score (nSPS) is 10.9. The molecule has 0 aliphatic rings. The highest BCUT2D eigenvalue weighted by Gasteiger charge is 2.15. The summed E-state index contributed by atoms with van der Waals surface area (Å²) in [5.41, 5.74) is 1.51. The van der Waals surface area contributed by atoms with Crippen molar-refractivity contribution in [3.05, 3.63) is 53.6 Å². The predicted molar refractivity (Wildman–Crippen MR) is 79.7 cm³/mol. The van der Waals surface area contributed by atoms with Crippen LogP contribution in [0.3, 0.4) is 0 Å². The molecule has 0 unspecified atom stereocenters. The first-order valence-corrected chi connectivity index (χ1v) is 6.67. The first-order valence-electron chi connectivity index (χ1n) is 6.67. The van der Waals surface area contributed by atoms with Crippen molar-refractivity contribution < 1.29 is 15.0 Å². The Morgan fingerprint density at radius 1 is 1.10 bits per heavy atom. The number of nitrogens with zero attached hydrogens (tertiary/aromatic N) is 2. The minimum atomic E-state index is -1.18. The monoisotopic (exact) mass is 284 g/mol. The van der Waals surface area contributed by atoms with Crippen molar-refractivity contribution in [3.8, 4) is 5.75 Å². The van der Waals surface area contributed by atoms with E-state index in [9.17, 15) is 9.90 Å². The maximum atomic E-state index is 11.2. The Hall–Kier alpha value is -2.69. The number of azo groups is 1. The molecule has 0 aliphatic heterocycles. The Morgan fingerprint density at radius 3 is 2.38 bits per heavy atom. The van der Waals surface area contributed by atoms with Crippen LogP contribution in [0, 0.1) is 0 Å². The molecule has 0 bridgehead atoms.